The van der Waals surface area contributed by atoms with E-state index in [4.69, 9.17) is 4.74 Å². The number of rotatable bonds is 13. The van der Waals surface area contributed by atoms with Crippen molar-refractivity contribution in [1.82, 2.24) is 0 Å². The second-order valence-corrected chi connectivity index (χ2v) is 8.19. The van der Waals surface area contributed by atoms with E-state index in [0.29, 0.717) is 18.9 Å². The first-order valence-corrected chi connectivity index (χ1v) is 12.9. The largest absolute Gasteiger partial charge is 0.489 e. The Labute approximate surface area is 194 Å². The van der Waals surface area contributed by atoms with Crippen molar-refractivity contribution < 1.29 is 9.53 Å². The molecule has 0 N–H and O–H groups in total. The van der Waals surface area contributed by atoms with E-state index in [1.807, 2.05) is 13.8 Å². The minimum absolute atomic E-state index is 0.566. The predicted molar refractivity (Wildman–Crippen MR) is 138 cm³/mol. The van der Waals surface area contributed by atoms with Gasteiger partial charge in [0.15, 0.2) is 0 Å². The lowest BCUT2D eigenvalue weighted by molar-refractivity contribution is -0.107. The summed E-state index contributed by atoms with van der Waals surface area (Å²) in [6.45, 7) is 9.08. The Morgan fingerprint density at radius 2 is 1.55 bits per heavy atom. The maximum absolute atomic E-state index is 10.5. The minimum atomic E-state index is 0.566. The molecule has 0 heterocycles. The van der Waals surface area contributed by atoms with Gasteiger partial charge in [-0.15, -0.1) is 11.8 Å². The quantitative estimate of drug-likeness (QED) is 0.230. The molecule has 0 saturated carbocycles. The molecule has 2 nitrogen and oxygen atoms in total. The molecule has 3 heteroatoms. The summed E-state index contributed by atoms with van der Waals surface area (Å²) < 4.78 is 5.99. The van der Waals surface area contributed by atoms with Crippen LogP contribution in [0.5, 0.6) is 5.75 Å². The molecular formula is C28H40O2S. The number of benzene rings is 2. The lowest BCUT2D eigenvalue weighted by atomic mass is 9.90. The molecule has 0 spiro atoms. The first kappa shape index (κ1) is 27.0. The van der Waals surface area contributed by atoms with Gasteiger partial charge in [-0.05, 0) is 60.3 Å². The third kappa shape index (κ3) is 9.78. The summed E-state index contributed by atoms with van der Waals surface area (Å²) in [5, 5.41) is 0. The van der Waals surface area contributed by atoms with Gasteiger partial charge >= 0.3 is 0 Å². The molecule has 0 unspecified atom stereocenters. The normalized spacial score (nSPS) is 11.1. The lowest BCUT2D eigenvalue weighted by Gasteiger charge is -2.16. The Hall–Kier alpha value is -2.00. The van der Waals surface area contributed by atoms with E-state index in [9.17, 15) is 4.79 Å². The van der Waals surface area contributed by atoms with E-state index >= 15 is 0 Å². The minimum Gasteiger partial charge on any atom is -0.489 e. The van der Waals surface area contributed by atoms with Gasteiger partial charge in [0.05, 0.1) is 0 Å². The van der Waals surface area contributed by atoms with Crippen molar-refractivity contribution in [2.75, 3.05) is 6.26 Å². The molecule has 0 aliphatic rings. The molecule has 170 valence electrons. The van der Waals surface area contributed by atoms with Crippen molar-refractivity contribution >= 4 is 23.0 Å². The summed E-state index contributed by atoms with van der Waals surface area (Å²) in [6, 6.07) is 17.1. The summed E-state index contributed by atoms with van der Waals surface area (Å²) >= 11 is 1.71. The molecule has 31 heavy (non-hydrogen) atoms. The van der Waals surface area contributed by atoms with Crippen LogP contribution in [0.4, 0.5) is 0 Å². The Kier molecular flexibility index (Phi) is 14.5. The fraction of sp³-hybridized carbons (Fsp3) is 0.464. The molecule has 2 aromatic carbocycles. The fourth-order valence-electron chi connectivity index (χ4n) is 3.54. The van der Waals surface area contributed by atoms with Gasteiger partial charge in [0, 0.05) is 11.3 Å². The Morgan fingerprint density at radius 1 is 0.935 bits per heavy atom. The van der Waals surface area contributed by atoms with Crippen LogP contribution in [-0.4, -0.2) is 12.5 Å². The summed E-state index contributed by atoms with van der Waals surface area (Å²) in [5.74, 6) is 1.58. The molecule has 0 atom stereocenters. The van der Waals surface area contributed by atoms with Crippen molar-refractivity contribution in [3.8, 4) is 5.75 Å². The highest BCUT2D eigenvalue weighted by atomic mass is 32.2. The number of aldehydes is 1. The van der Waals surface area contributed by atoms with Gasteiger partial charge in [-0.25, -0.2) is 0 Å². The van der Waals surface area contributed by atoms with Crippen LogP contribution in [-0.2, 0) is 11.4 Å². The summed E-state index contributed by atoms with van der Waals surface area (Å²) in [5.41, 5.74) is 3.77. The zero-order chi connectivity index (χ0) is 22.9. The first-order valence-electron chi connectivity index (χ1n) is 11.7. The van der Waals surface area contributed by atoms with Gasteiger partial charge in [0.1, 0.15) is 18.6 Å². The molecule has 0 aliphatic heterocycles. The van der Waals surface area contributed by atoms with Crippen molar-refractivity contribution in [3.63, 3.8) is 0 Å². The van der Waals surface area contributed by atoms with E-state index in [0.717, 1.165) is 24.0 Å². The molecule has 0 radical (unpaired) electrons. The van der Waals surface area contributed by atoms with Crippen LogP contribution in [0, 0.1) is 0 Å². The number of thioether (sulfide) groups is 1. The molecule has 0 fully saturated rings. The number of ether oxygens (including phenoxy) is 1. The highest BCUT2D eigenvalue weighted by Gasteiger charge is 2.09. The summed E-state index contributed by atoms with van der Waals surface area (Å²) in [4.78, 5) is 11.7. The zero-order valence-electron chi connectivity index (χ0n) is 20.0. The predicted octanol–water partition coefficient (Wildman–Crippen LogP) is 8.66. The molecule has 0 bridgehead atoms. The molecule has 0 aromatic heterocycles. The smallest absolute Gasteiger partial charge is 0.120 e. The van der Waals surface area contributed by atoms with Gasteiger partial charge in [-0.3, -0.25) is 0 Å². The van der Waals surface area contributed by atoms with Gasteiger partial charge in [-0.2, -0.15) is 0 Å². The van der Waals surface area contributed by atoms with E-state index < -0.39 is 0 Å². The third-order valence-corrected chi connectivity index (χ3v) is 5.95. The number of hydrogen-bond donors (Lipinski definition) is 0. The molecule has 2 aromatic rings. The van der Waals surface area contributed by atoms with Crippen LogP contribution >= 0.6 is 11.8 Å². The van der Waals surface area contributed by atoms with Crippen molar-refractivity contribution in [2.45, 2.75) is 78.7 Å². The van der Waals surface area contributed by atoms with Crippen LogP contribution in [0.2, 0.25) is 0 Å². The average Bonchev–Trinajstić information content (AvgIpc) is 2.82. The number of unbranched alkanes of at least 4 members (excludes halogenated alkanes) is 1. The summed E-state index contributed by atoms with van der Waals surface area (Å²) in [7, 11) is 0. The number of hydrogen-bond acceptors (Lipinski definition) is 3. The molecule has 0 amide bonds. The Balaban J connectivity index is 0.00000233. The van der Waals surface area contributed by atoms with Crippen LogP contribution in [0.25, 0.3) is 4.91 Å². The zero-order valence-corrected chi connectivity index (χ0v) is 20.8. The van der Waals surface area contributed by atoms with Crippen LogP contribution in [0.1, 0.15) is 88.8 Å². The van der Waals surface area contributed by atoms with E-state index in [1.54, 1.807) is 11.8 Å². The van der Waals surface area contributed by atoms with Crippen LogP contribution in [0.3, 0.4) is 0 Å². The van der Waals surface area contributed by atoms with Gasteiger partial charge in [-0.1, -0.05) is 83.0 Å². The number of carbonyl (C=O) groups is 1. The van der Waals surface area contributed by atoms with E-state index in [-0.39, 0.29) is 0 Å². The number of allylic oxidation sites excluding steroid dienone is 1. The monoisotopic (exact) mass is 440 g/mol. The first-order chi connectivity index (χ1) is 15.2. The topological polar surface area (TPSA) is 26.3 Å². The van der Waals surface area contributed by atoms with Crippen molar-refractivity contribution in [1.29, 1.82) is 0 Å². The maximum Gasteiger partial charge on any atom is 0.120 e. The molecule has 2 rings (SSSR count). The highest BCUT2D eigenvalue weighted by molar-refractivity contribution is 8.07. The fourth-order valence-corrected chi connectivity index (χ4v) is 4.20. The highest BCUT2D eigenvalue weighted by Crippen LogP contribution is 2.29. The van der Waals surface area contributed by atoms with Crippen molar-refractivity contribution in [2.24, 2.45) is 0 Å². The van der Waals surface area contributed by atoms with Gasteiger partial charge < -0.3 is 9.53 Å². The SMILES string of the molecule is CC.CCCC(CCC)c1ccc(OCc2ccc(/C(=C/CCC=O)SC)cc2)cc1. The Morgan fingerprint density at radius 3 is 2.06 bits per heavy atom. The Bertz CT molecular complexity index is 742. The van der Waals surface area contributed by atoms with Gasteiger partial charge in [0.2, 0.25) is 0 Å². The van der Waals surface area contributed by atoms with Crippen LogP contribution in [0.15, 0.2) is 54.6 Å². The molecular weight excluding hydrogens is 400 g/mol. The third-order valence-electron chi connectivity index (χ3n) is 5.10. The van der Waals surface area contributed by atoms with Crippen molar-refractivity contribution in [3.05, 3.63) is 71.3 Å². The van der Waals surface area contributed by atoms with E-state index in [1.165, 1.54) is 41.7 Å². The average molecular weight is 441 g/mol. The van der Waals surface area contributed by atoms with E-state index in [2.05, 4.69) is 74.7 Å². The number of carbonyl (C=O) groups excluding carboxylic acids is 1. The second kappa shape index (κ2) is 16.7. The van der Waals surface area contributed by atoms with Gasteiger partial charge in [0.25, 0.3) is 0 Å². The standard InChI is InChI=1S/C26H34O2S.C2H6/c1-4-8-22(9-5-2)23-15-17-25(18-16-23)28-20-21-11-13-24(14-12-21)26(29-3)10-6-7-19-27;1-2/h10-19,22H,4-9,20H2,1-3H3;1-2H3/b26-10-;. The molecule has 0 aliphatic carbocycles. The lowest BCUT2D eigenvalue weighted by Crippen LogP contribution is -1.99. The molecule has 0 saturated heterocycles. The summed E-state index contributed by atoms with van der Waals surface area (Å²) in [6.07, 6.45) is 11.5. The second-order valence-electron chi connectivity index (χ2n) is 7.35. The maximum atomic E-state index is 10.5. The van der Waals surface area contributed by atoms with Crippen LogP contribution < -0.4 is 4.74 Å².